The van der Waals surface area contributed by atoms with Gasteiger partial charge >= 0.3 is 6.18 Å². The lowest BCUT2D eigenvalue weighted by molar-refractivity contribution is -0.137. The van der Waals surface area contributed by atoms with E-state index in [9.17, 15) is 21.6 Å². The van der Waals surface area contributed by atoms with Crippen molar-refractivity contribution in [2.24, 2.45) is 0 Å². The van der Waals surface area contributed by atoms with E-state index in [-0.39, 0.29) is 24.1 Å². The summed E-state index contributed by atoms with van der Waals surface area (Å²) in [5.41, 5.74) is -0.0192. The summed E-state index contributed by atoms with van der Waals surface area (Å²) in [6, 6.07) is 11.3. The van der Waals surface area contributed by atoms with Crippen molar-refractivity contribution >= 4 is 31.6 Å². The summed E-state index contributed by atoms with van der Waals surface area (Å²) in [4.78, 5) is 4.28. The minimum Gasteiger partial charge on any atom is -0.467 e. The van der Waals surface area contributed by atoms with Gasteiger partial charge in [-0.25, -0.2) is 13.4 Å². The number of nitrogens with zero attached hydrogens (tertiary/aromatic N) is 2. The summed E-state index contributed by atoms with van der Waals surface area (Å²) in [5.74, 6) is 0. The average molecular weight is 442 g/mol. The molecule has 1 aromatic heterocycles. The summed E-state index contributed by atoms with van der Waals surface area (Å²) in [6.07, 6.45) is -3.70. The lowest BCUT2D eigenvalue weighted by Gasteiger charge is -2.30. The number of sulfonamides is 1. The third-order valence-electron chi connectivity index (χ3n) is 4.76. The van der Waals surface area contributed by atoms with Crippen LogP contribution in [0.4, 0.5) is 13.2 Å². The molecule has 29 heavy (non-hydrogen) atoms. The van der Waals surface area contributed by atoms with Gasteiger partial charge in [0.1, 0.15) is 6.10 Å². The number of thiazole rings is 1. The highest BCUT2D eigenvalue weighted by Crippen LogP contribution is 2.32. The summed E-state index contributed by atoms with van der Waals surface area (Å²) in [7, 11) is -3.84. The van der Waals surface area contributed by atoms with E-state index in [2.05, 4.69) is 4.98 Å². The number of benzene rings is 2. The molecule has 1 aliphatic rings. The highest BCUT2D eigenvalue weighted by Gasteiger charge is 2.33. The predicted octanol–water partition coefficient (Wildman–Crippen LogP) is 4.55. The fraction of sp³-hybridized carbons (Fsp3) is 0.316. The van der Waals surface area contributed by atoms with Gasteiger partial charge in [-0.15, -0.1) is 0 Å². The molecule has 0 N–H and O–H groups in total. The first-order valence-corrected chi connectivity index (χ1v) is 11.2. The van der Waals surface area contributed by atoms with Crippen LogP contribution in [0.2, 0.25) is 0 Å². The van der Waals surface area contributed by atoms with E-state index < -0.39 is 21.8 Å². The molecule has 2 aromatic carbocycles. The first-order chi connectivity index (χ1) is 13.7. The van der Waals surface area contributed by atoms with Crippen LogP contribution >= 0.6 is 11.3 Å². The minimum atomic E-state index is -4.50. The quantitative estimate of drug-likeness (QED) is 0.595. The van der Waals surface area contributed by atoms with E-state index in [4.69, 9.17) is 4.74 Å². The third kappa shape index (κ3) is 4.24. The molecule has 10 heteroatoms. The zero-order valence-corrected chi connectivity index (χ0v) is 16.7. The van der Waals surface area contributed by atoms with E-state index in [1.165, 1.54) is 15.6 Å². The number of ether oxygens (including phenoxy) is 1. The van der Waals surface area contributed by atoms with Gasteiger partial charge in [0, 0.05) is 13.1 Å². The molecule has 0 bridgehead atoms. The van der Waals surface area contributed by atoms with Crippen molar-refractivity contribution in [3.63, 3.8) is 0 Å². The number of piperidine rings is 1. The normalized spacial score (nSPS) is 16.9. The van der Waals surface area contributed by atoms with Crippen LogP contribution in [-0.2, 0) is 16.2 Å². The number of alkyl halides is 3. The predicted molar refractivity (Wildman–Crippen MR) is 103 cm³/mol. The Bertz CT molecular complexity index is 1070. The first kappa shape index (κ1) is 20.1. The average Bonchev–Trinajstić information content (AvgIpc) is 3.10. The van der Waals surface area contributed by atoms with Crippen LogP contribution in [0, 0.1) is 0 Å². The van der Waals surface area contributed by atoms with E-state index in [1.54, 1.807) is 0 Å². The SMILES string of the molecule is O=S(=O)(c1ccc(C(F)(F)F)cc1)N1CCC(Oc2nc3ccccc3s2)CC1. The van der Waals surface area contributed by atoms with Crippen LogP contribution in [0.3, 0.4) is 0 Å². The number of hydrogen-bond acceptors (Lipinski definition) is 5. The smallest absolute Gasteiger partial charge is 0.416 e. The summed E-state index contributed by atoms with van der Waals surface area (Å²) in [5, 5.41) is 0.551. The molecule has 1 fully saturated rings. The Kier molecular flexibility index (Phi) is 5.26. The summed E-state index contributed by atoms with van der Waals surface area (Å²) < 4.78 is 71.7. The van der Waals surface area contributed by atoms with Crippen LogP contribution in [0.25, 0.3) is 10.2 Å². The molecule has 0 spiro atoms. The van der Waals surface area contributed by atoms with Crippen molar-refractivity contribution in [2.45, 2.75) is 30.0 Å². The molecule has 3 aromatic rings. The second kappa shape index (κ2) is 7.58. The lowest BCUT2D eigenvalue weighted by Crippen LogP contribution is -2.41. The second-order valence-electron chi connectivity index (χ2n) is 6.69. The lowest BCUT2D eigenvalue weighted by atomic mass is 10.1. The molecule has 2 heterocycles. The highest BCUT2D eigenvalue weighted by atomic mass is 32.2. The van der Waals surface area contributed by atoms with E-state index >= 15 is 0 Å². The van der Waals surface area contributed by atoms with Crippen molar-refractivity contribution in [3.8, 4) is 5.19 Å². The van der Waals surface area contributed by atoms with Crippen LogP contribution in [-0.4, -0.2) is 36.9 Å². The standard InChI is InChI=1S/C19H17F3N2O3S2/c20-19(21,22)13-5-7-15(8-6-13)29(25,26)24-11-9-14(10-12-24)27-18-23-16-3-1-2-4-17(16)28-18/h1-8,14H,9-12H2. The van der Waals surface area contributed by atoms with Gasteiger partial charge in [0.25, 0.3) is 5.19 Å². The molecule has 0 saturated carbocycles. The summed E-state index contributed by atoms with van der Waals surface area (Å²) in [6.45, 7) is 0.470. The van der Waals surface area contributed by atoms with Gasteiger partial charge in [-0.1, -0.05) is 23.5 Å². The van der Waals surface area contributed by atoms with Crippen LogP contribution in [0.1, 0.15) is 18.4 Å². The zero-order valence-electron chi connectivity index (χ0n) is 15.1. The monoisotopic (exact) mass is 442 g/mol. The van der Waals surface area contributed by atoms with Crippen LogP contribution in [0.5, 0.6) is 5.19 Å². The number of rotatable bonds is 4. The Balaban J connectivity index is 1.40. The van der Waals surface area contributed by atoms with Crippen LogP contribution in [0.15, 0.2) is 53.4 Å². The molecule has 0 aliphatic carbocycles. The van der Waals surface area contributed by atoms with Crippen molar-refractivity contribution in [3.05, 3.63) is 54.1 Å². The Labute approximate surface area is 169 Å². The van der Waals surface area contributed by atoms with Gasteiger partial charge in [-0.3, -0.25) is 0 Å². The largest absolute Gasteiger partial charge is 0.467 e. The molecule has 4 rings (SSSR count). The van der Waals surface area contributed by atoms with Crippen LogP contribution < -0.4 is 4.74 Å². The number of aromatic nitrogens is 1. The van der Waals surface area contributed by atoms with Gasteiger partial charge in [0.15, 0.2) is 0 Å². The molecule has 0 amide bonds. The van der Waals surface area contributed by atoms with E-state index in [1.807, 2.05) is 24.3 Å². The van der Waals surface area contributed by atoms with E-state index in [0.29, 0.717) is 18.0 Å². The molecule has 1 aliphatic heterocycles. The molecule has 5 nitrogen and oxygen atoms in total. The maximum Gasteiger partial charge on any atom is 0.416 e. The molecule has 1 saturated heterocycles. The van der Waals surface area contributed by atoms with Crippen molar-refractivity contribution in [1.29, 1.82) is 0 Å². The Hall–Kier alpha value is -2.17. The first-order valence-electron chi connectivity index (χ1n) is 8.93. The maximum absolute atomic E-state index is 12.7. The van der Waals surface area contributed by atoms with Gasteiger partial charge in [0.2, 0.25) is 10.0 Å². The molecule has 154 valence electrons. The number of halogens is 3. The third-order valence-corrected chi connectivity index (χ3v) is 7.60. The minimum absolute atomic E-state index is 0.143. The zero-order chi connectivity index (χ0) is 20.6. The molecule has 0 radical (unpaired) electrons. The van der Waals surface area contributed by atoms with Gasteiger partial charge < -0.3 is 4.74 Å². The van der Waals surface area contributed by atoms with Crippen molar-refractivity contribution in [2.75, 3.05) is 13.1 Å². The number of fused-ring (bicyclic) bond motifs is 1. The molecule has 0 atom stereocenters. The van der Waals surface area contributed by atoms with E-state index in [0.717, 1.165) is 34.5 Å². The number of hydrogen-bond donors (Lipinski definition) is 0. The van der Waals surface area contributed by atoms with Gasteiger partial charge in [-0.05, 0) is 49.2 Å². The highest BCUT2D eigenvalue weighted by molar-refractivity contribution is 7.89. The van der Waals surface area contributed by atoms with Gasteiger partial charge in [0.05, 0.1) is 20.7 Å². The topological polar surface area (TPSA) is 59.5 Å². The molecular weight excluding hydrogens is 425 g/mol. The molecular formula is C19H17F3N2O3S2. The number of para-hydroxylation sites is 1. The second-order valence-corrected chi connectivity index (χ2v) is 9.62. The fourth-order valence-electron chi connectivity index (χ4n) is 3.20. The maximum atomic E-state index is 12.7. The van der Waals surface area contributed by atoms with Crippen molar-refractivity contribution < 1.29 is 26.3 Å². The van der Waals surface area contributed by atoms with Crippen molar-refractivity contribution in [1.82, 2.24) is 9.29 Å². The molecule has 0 unspecified atom stereocenters. The van der Waals surface area contributed by atoms with Gasteiger partial charge in [-0.2, -0.15) is 17.5 Å². The Morgan fingerprint density at radius 3 is 2.31 bits per heavy atom. The summed E-state index contributed by atoms with van der Waals surface area (Å²) >= 11 is 1.44. The fourth-order valence-corrected chi connectivity index (χ4v) is 5.55. The Morgan fingerprint density at radius 2 is 1.69 bits per heavy atom. The Morgan fingerprint density at radius 1 is 1.03 bits per heavy atom.